The van der Waals surface area contributed by atoms with Gasteiger partial charge in [-0.1, -0.05) is 52.3 Å². The Balaban J connectivity index is 1.57. The number of hydrogen-bond donors (Lipinski definition) is 2. The number of carboxylic acid groups (broad SMARTS) is 1. The second kappa shape index (κ2) is 13.0. The summed E-state index contributed by atoms with van der Waals surface area (Å²) in [5, 5.41) is 12.7. The Bertz CT molecular complexity index is 1300. The smallest absolute Gasteiger partial charge is 0.323 e. The van der Waals surface area contributed by atoms with Gasteiger partial charge >= 0.3 is 5.97 Å². The lowest BCUT2D eigenvalue weighted by atomic mass is 10.2. The zero-order valence-corrected chi connectivity index (χ0v) is 22.4. The molecule has 0 aliphatic carbocycles. The Morgan fingerprint density at radius 2 is 1.82 bits per heavy atom. The van der Waals surface area contributed by atoms with Crippen LogP contribution in [0.4, 0.5) is 11.5 Å². The van der Waals surface area contributed by atoms with E-state index in [9.17, 15) is 19.5 Å². The van der Waals surface area contributed by atoms with Crippen LogP contribution in [0.5, 0.6) is 5.75 Å². The van der Waals surface area contributed by atoms with Gasteiger partial charge in [0.1, 0.15) is 30.4 Å². The van der Waals surface area contributed by atoms with Crippen LogP contribution in [-0.2, 0) is 16.1 Å². The van der Waals surface area contributed by atoms with Gasteiger partial charge in [0, 0.05) is 17.6 Å². The van der Waals surface area contributed by atoms with Crippen molar-refractivity contribution in [3.63, 3.8) is 0 Å². The maximum absolute atomic E-state index is 13.5. The van der Waals surface area contributed by atoms with Gasteiger partial charge in [-0.05, 0) is 55.2 Å². The summed E-state index contributed by atoms with van der Waals surface area (Å²) in [6.45, 7) is 0.211. The molecule has 0 spiro atoms. The number of carbonyl (C=O) groups excluding carboxylic acids is 2. The number of nitrogens with zero attached hydrogens (tertiary/aromatic N) is 3. The summed E-state index contributed by atoms with van der Waals surface area (Å²) in [7, 11) is 0. The van der Waals surface area contributed by atoms with Crippen LogP contribution in [0.2, 0.25) is 0 Å². The number of pyridine rings is 1. The molecule has 1 aromatic heterocycles. The number of fused-ring (bicyclic) bond motifs is 3. The van der Waals surface area contributed by atoms with Crippen LogP contribution in [0.3, 0.4) is 0 Å². The fourth-order valence-electron chi connectivity index (χ4n) is 4.13. The summed E-state index contributed by atoms with van der Waals surface area (Å²) >= 11 is 3.45. The summed E-state index contributed by atoms with van der Waals surface area (Å²) in [6.07, 6.45) is 2.23. The topological polar surface area (TPSA) is 112 Å². The molecule has 4 rings (SSSR count). The molecule has 38 heavy (non-hydrogen) atoms. The third kappa shape index (κ3) is 7.32. The molecule has 0 unspecified atom stereocenters. The highest BCUT2D eigenvalue weighted by atomic mass is 79.9. The SMILES string of the molecule is O=C(O)CN(Cc1ccccc1Br)C(=O)CN1CCCCCOc2ccccc2Nc2cccc(n2)C1=O. The standard InChI is InChI=1S/C28H29BrN4O5/c29-21-10-3-2-9-20(21)17-33(19-27(35)36)26(34)18-32-15-6-1-7-16-38-24-13-5-4-11-22(24)30-25-14-8-12-23(31-25)28(32)37/h2-5,8-14H,1,6-7,15-19H2,(H,30,31)(H,35,36). The quantitative estimate of drug-likeness (QED) is 0.434. The summed E-state index contributed by atoms with van der Waals surface area (Å²) in [4.78, 5) is 45.6. The average molecular weight is 581 g/mol. The molecule has 0 atom stereocenters. The number of aliphatic carboxylic acids is 1. The summed E-state index contributed by atoms with van der Waals surface area (Å²) < 4.78 is 6.73. The molecule has 3 aromatic rings. The van der Waals surface area contributed by atoms with Crippen LogP contribution in [0, 0.1) is 0 Å². The Hall–Kier alpha value is -3.92. The Labute approximate surface area is 229 Å². The Morgan fingerprint density at radius 3 is 2.63 bits per heavy atom. The minimum absolute atomic E-state index is 0.100. The maximum Gasteiger partial charge on any atom is 0.323 e. The van der Waals surface area contributed by atoms with Crippen LogP contribution >= 0.6 is 15.9 Å². The van der Waals surface area contributed by atoms with Crippen molar-refractivity contribution in [3.8, 4) is 5.75 Å². The molecule has 9 nitrogen and oxygen atoms in total. The number of nitrogens with one attached hydrogen (secondary N) is 1. The third-order valence-electron chi connectivity index (χ3n) is 6.06. The van der Waals surface area contributed by atoms with Gasteiger partial charge in [0.05, 0.1) is 12.3 Å². The number of hydrogen-bond acceptors (Lipinski definition) is 6. The minimum atomic E-state index is -1.13. The first-order valence-corrected chi connectivity index (χ1v) is 13.2. The van der Waals surface area contributed by atoms with E-state index in [1.54, 1.807) is 18.2 Å². The third-order valence-corrected chi connectivity index (χ3v) is 6.83. The molecule has 1 aliphatic rings. The lowest BCUT2D eigenvalue weighted by Gasteiger charge is -2.27. The first-order chi connectivity index (χ1) is 18.4. The maximum atomic E-state index is 13.5. The van der Waals surface area contributed by atoms with E-state index in [4.69, 9.17) is 4.74 Å². The number of amides is 2. The average Bonchev–Trinajstić information content (AvgIpc) is 2.90. The van der Waals surface area contributed by atoms with Crippen molar-refractivity contribution in [3.05, 3.63) is 82.5 Å². The summed E-state index contributed by atoms with van der Waals surface area (Å²) in [5.74, 6) is -0.794. The molecule has 2 N–H and O–H groups in total. The van der Waals surface area contributed by atoms with Gasteiger partial charge in [-0.15, -0.1) is 0 Å². The van der Waals surface area contributed by atoms with Crippen molar-refractivity contribution in [2.75, 3.05) is 31.6 Å². The second-order valence-corrected chi connectivity index (χ2v) is 9.75. The van der Waals surface area contributed by atoms with Gasteiger partial charge in [-0.3, -0.25) is 14.4 Å². The molecule has 0 fully saturated rings. The van der Waals surface area contributed by atoms with Gasteiger partial charge in [-0.25, -0.2) is 4.98 Å². The van der Waals surface area contributed by atoms with Crippen LogP contribution < -0.4 is 10.1 Å². The highest BCUT2D eigenvalue weighted by Gasteiger charge is 2.25. The van der Waals surface area contributed by atoms with Crippen molar-refractivity contribution >= 4 is 45.2 Å². The fraction of sp³-hybridized carbons (Fsp3) is 0.286. The van der Waals surface area contributed by atoms with Crippen molar-refractivity contribution in [2.45, 2.75) is 25.8 Å². The number of para-hydroxylation sites is 2. The van der Waals surface area contributed by atoms with E-state index in [1.165, 1.54) is 9.80 Å². The van der Waals surface area contributed by atoms with E-state index in [0.29, 0.717) is 31.1 Å². The Morgan fingerprint density at radius 1 is 1.03 bits per heavy atom. The van der Waals surface area contributed by atoms with Crippen molar-refractivity contribution in [1.29, 1.82) is 0 Å². The van der Waals surface area contributed by atoms with E-state index in [2.05, 4.69) is 26.2 Å². The first-order valence-electron chi connectivity index (χ1n) is 12.4. The van der Waals surface area contributed by atoms with Gasteiger partial charge in [0.15, 0.2) is 0 Å². The minimum Gasteiger partial charge on any atom is -0.491 e. The van der Waals surface area contributed by atoms with Gasteiger partial charge in [0.25, 0.3) is 5.91 Å². The fourth-order valence-corrected chi connectivity index (χ4v) is 4.54. The lowest BCUT2D eigenvalue weighted by molar-refractivity contribution is -0.145. The molecule has 10 heteroatoms. The number of ether oxygens (including phenoxy) is 1. The van der Waals surface area contributed by atoms with E-state index >= 15 is 0 Å². The highest BCUT2D eigenvalue weighted by molar-refractivity contribution is 9.10. The number of anilines is 2. The van der Waals surface area contributed by atoms with Crippen LogP contribution in [0.1, 0.15) is 35.3 Å². The number of rotatable bonds is 6. The molecular formula is C28H29BrN4O5. The number of aromatic nitrogens is 1. The van der Waals surface area contributed by atoms with Crippen LogP contribution in [0.15, 0.2) is 71.2 Å². The number of carbonyl (C=O) groups is 3. The van der Waals surface area contributed by atoms with Crippen molar-refractivity contribution < 1.29 is 24.2 Å². The molecule has 0 radical (unpaired) electrons. The van der Waals surface area contributed by atoms with E-state index in [0.717, 1.165) is 28.6 Å². The molecule has 198 valence electrons. The predicted molar refractivity (Wildman–Crippen MR) is 146 cm³/mol. The molecule has 2 bridgehead atoms. The number of halogens is 1. The van der Waals surface area contributed by atoms with Gasteiger partial charge in [0.2, 0.25) is 5.91 Å². The number of benzene rings is 2. The number of carboxylic acids is 1. The molecular weight excluding hydrogens is 552 g/mol. The monoisotopic (exact) mass is 580 g/mol. The molecule has 0 saturated carbocycles. The van der Waals surface area contributed by atoms with Crippen LogP contribution in [-0.4, -0.2) is 63.9 Å². The molecule has 0 saturated heterocycles. The summed E-state index contributed by atoms with van der Waals surface area (Å²) in [6, 6.07) is 19.9. The van der Waals surface area contributed by atoms with E-state index in [1.807, 2.05) is 48.5 Å². The zero-order valence-electron chi connectivity index (χ0n) is 20.8. The van der Waals surface area contributed by atoms with Gasteiger partial charge < -0.3 is 25.0 Å². The largest absolute Gasteiger partial charge is 0.491 e. The first kappa shape index (κ1) is 27.1. The molecule has 2 heterocycles. The summed E-state index contributed by atoms with van der Waals surface area (Å²) in [5.41, 5.74) is 1.70. The molecule has 1 aliphatic heterocycles. The second-order valence-electron chi connectivity index (χ2n) is 8.90. The zero-order chi connectivity index (χ0) is 26.9. The lowest BCUT2D eigenvalue weighted by Crippen LogP contribution is -2.45. The molecule has 2 amide bonds. The van der Waals surface area contributed by atoms with Crippen molar-refractivity contribution in [1.82, 2.24) is 14.8 Å². The van der Waals surface area contributed by atoms with Gasteiger partial charge in [-0.2, -0.15) is 0 Å². The Kier molecular flexibility index (Phi) is 9.31. The normalized spacial score (nSPS) is 13.9. The van der Waals surface area contributed by atoms with Crippen molar-refractivity contribution in [2.24, 2.45) is 0 Å². The van der Waals surface area contributed by atoms with E-state index in [-0.39, 0.29) is 24.7 Å². The van der Waals surface area contributed by atoms with E-state index < -0.39 is 18.4 Å². The molecule has 2 aromatic carbocycles. The highest BCUT2D eigenvalue weighted by Crippen LogP contribution is 2.27. The predicted octanol–water partition coefficient (Wildman–Crippen LogP) is 4.71. The van der Waals surface area contributed by atoms with Crippen LogP contribution in [0.25, 0.3) is 0 Å².